The van der Waals surface area contributed by atoms with Gasteiger partial charge < -0.3 is 5.11 Å². The molecule has 1 N–H and O–H groups in total. The molecular weight excluding hydrogens is 364 g/mol. The maximum atomic E-state index is 12.4. The number of carboxylic acids is 1. The zero-order valence-electron chi connectivity index (χ0n) is 7.73. The van der Waals surface area contributed by atoms with E-state index < -0.39 is 39.0 Å². The van der Waals surface area contributed by atoms with Gasteiger partial charge in [0.05, 0.1) is 14.7 Å². The van der Waals surface area contributed by atoms with Crippen LogP contribution in [0.15, 0.2) is 6.20 Å². The lowest BCUT2D eigenvalue weighted by atomic mass is 10.1. The molecule has 0 atom stereocenters. The third-order valence-electron chi connectivity index (χ3n) is 1.77. The van der Waals surface area contributed by atoms with Gasteiger partial charge in [0.25, 0.3) is 6.43 Å². The summed E-state index contributed by atoms with van der Waals surface area (Å²) in [6.45, 7) is 0. The van der Waals surface area contributed by atoms with Crippen LogP contribution >= 0.6 is 22.6 Å². The van der Waals surface area contributed by atoms with Crippen molar-refractivity contribution in [2.45, 2.75) is 12.6 Å². The van der Waals surface area contributed by atoms with Crippen molar-refractivity contribution in [1.82, 2.24) is 4.98 Å². The van der Waals surface area contributed by atoms with Crippen molar-refractivity contribution >= 4 is 28.6 Å². The zero-order chi connectivity index (χ0) is 13.4. The fraction of sp³-hybridized carbons (Fsp3) is 0.250. The molecule has 0 aliphatic carbocycles. The maximum Gasteiger partial charge on any atom is 0.418 e. The molecule has 0 amide bonds. The largest absolute Gasteiger partial charge is 0.478 e. The highest BCUT2D eigenvalue weighted by Gasteiger charge is 2.38. The predicted molar refractivity (Wildman–Crippen MR) is 53.9 cm³/mol. The first-order valence-electron chi connectivity index (χ1n) is 3.93. The van der Waals surface area contributed by atoms with E-state index in [2.05, 4.69) is 4.98 Å². The van der Waals surface area contributed by atoms with Gasteiger partial charge in [-0.2, -0.15) is 13.2 Å². The van der Waals surface area contributed by atoms with Crippen LogP contribution in [0.1, 0.15) is 28.0 Å². The van der Waals surface area contributed by atoms with Crippen LogP contribution in [0.25, 0.3) is 0 Å². The van der Waals surface area contributed by atoms with Gasteiger partial charge in [0.2, 0.25) is 0 Å². The Bertz CT molecular complexity index is 460. The van der Waals surface area contributed by atoms with E-state index in [0.29, 0.717) is 0 Å². The summed E-state index contributed by atoms with van der Waals surface area (Å²) >= 11 is 1.11. The molecule has 1 rings (SSSR count). The van der Waals surface area contributed by atoms with Gasteiger partial charge in [0.1, 0.15) is 5.69 Å². The first kappa shape index (κ1) is 14.1. The number of rotatable bonds is 2. The molecule has 0 aliphatic heterocycles. The fourth-order valence-corrected chi connectivity index (χ4v) is 1.97. The Morgan fingerprint density at radius 3 is 2.29 bits per heavy atom. The number of carbonyl (C=O) groups is 1. The van der Waals surface area contributed by atoms with Gasteiger partial charge in [0, 0.05) is 6.20 Å². The number of aromatic carboxylic acids is 1. The third-order valence-corrected chi connectivity index (χ3v) is 2.86. The van der Waals surface area contributed by atoms with Crippen LogP contribution in [0.2, 0.25) is 0 Å². The Morgan fingerprint density at radius 1 is 1.41 bits per heavy atom. The second-order valence-electron chi connectivity index (χ2n) is 2.85. The molecule has 9 heteroatoms. The molecule has 0 spiro atoms. The normalized spacial score (nSPS) is 11.9. The minimum absolute atomic E-state index is 0.104. The standard InChI is InChI=1S/C8H3F5INO2/c9-6(10)5-4(14)3(7(16)17)2(1-15-5)8(11,12)13/h1,6H,(H,16,17). The van der Waals surface area contributed by atoms with Crippen molar-refractivity contribution in [3.05, 3.63) is 26.6 Å². The lowest BCUT2D eigenvalue weighted by Crippen LogP contribution is -2.17. The Kier molecular flexibility index (Phi) is 3.89. The Balaban J connectivity index is 3.57. The molecule has 0 fully saturated rings. The lowest BCUT2D eigenvalue weighted by molar-refractivity contribution is -0.138. The van der Waals surface area contributed by atoms with Crippen molar-refractivity contribution < 1.29 is 31.9 Å². The summed E-state index contributed by atoms with van der Waals surface area (Å²) < 4.78 is 61.3. The Morgan fingerprint density at radius 2 is 1.94 bits per heavy atom. The van der Waals surface area contributed by atoms with Gasteiger partial charge in [-0.3, -0.25) is 4.98 Å². The minimum atomic E-state index is -4.96. The molecule has 0 saturated carbocycles. The van der Waals surface area contributed by atoms with E-state index in [1.165, 1.54) is 0 Å². The summed E-state index contributed by atoms with van der Waals surface area (Å²) in [6.07, 6.45) is -7.99. The van der Waals surface area contributed by atoms with E-state index in [1.54, 1.807) is 0 Å². The van der Waals surface area contributed by atoms with Gasteiger partial charge in [0.15, 0.2) is 0 Å². The highest BCUT2D eigenvalue weighted by atomic mass is 127. The van der Waals surface area contributed by atoms with Gasteiger partial charge >= 0.3 is 12.1 Å². The average molecular weight is 367 g/mol. The van der Waals surface area contributed by atoms with E-state index in [1.807, 2.05) is 0 Å². The molecule has 0 radical (unpaired) electrons. The van der Waals surface area contributed by atoms with E-state index >= 15 is 0 Å². The van der Waals surface area contributed by atoms with Gasteiger partial charge in [-0.25, -0.2) is 13.6 Å². The highest BCUT2D eigenvalue weighted by Crippen LogP contribution is 2.36. The SMILES string of the molecule is O=C(O)c1c(C(F)(F)F)cnc(C(F)F)c1I. The van der Waals surface area contributed by atoms with Crippen LogP contribution in [0.4, 0.5) is 22.0 Å². The number of hydrogen-bond donors (Lipinski definition) is 1. The summed E-state index contributed by atoms with van der Waals surface area (Å²) in [5.74, 6) is -1.92. The second kappa shape index (κ2) is 4.70. The van der Waals surface area contributed by atoms with Crippen molar-refractivity contribution in [1.29, 1.82) is 0 Å². The van der Waals surface area contributed by atoms with E-state index in [9.17, 15) is 26.7 Å². The van der Waals surface area contributed by atoms with Crippen LogP contribution in [-0.2, 0) is 6.18 Å². The molecule has 0 saturated heterocycles. The van der Waals surface area contributed by atoms with E-state index in [0.717, 1.165) is 22.6 Å². The summed E-state index contributed by atoms with van der Waals surface area (Å²) in [5, 5.41) is 8.64. The smallest absolute Gasteiger partial charge is 0.418 e. The molecule has 1 aromatic heterocycles. The Labute approximate surface area is 105 Å². The van der Waals surface area contributed by atoms with Gasteiger partial charge in [-0.15, -0.1) is 0 Å². The average Bonchev–Trinajstić information content (AvgIpc) is 2.14. The topological polar surface area (TPSA) is 50.2 Å². The molecule has 0 bridgehead atoms. The van der Waals surface area contributed by atoms with Crippen molar-refractivity contribution in [3.8, 4) is 0 Å². The van der Waals surface area contributed by atoms with Crippen molar-refractivity contribution in [3.63, 3.8) is 0 Å². The number of pyridine rings is 1. The summed E-state index contributed by atoms with van der Waals surface area (Å²) in [5.41, 5.74) is -3.72. The lowest BCUT2D eigenvalue weighted by Gasteiger charge is -2.13. The Hall–Kier alpha value is -1.00. The predicted octanol–water partition coefficient (Wildman–Crippen LogP) is 3.34. The summed E-state index contributed by atoms with van der Waals surface area (Å²) in [7, 11) is 0. The van der Waals surface area contributed by atoms with Crippen LogP contribution in [0, 0.1) is 3.57 Å². The first-order valence-corrected chi connectivity index (χ1v) is 5.01. The molecule has 0 unspecified atom stereocenters. The van der Waals surface area contributed by atoms with E-state index in [4.69, 9.17) is 5.11 Å². The monoisotopic (exact) mass is 367 g/mol. The molecule has 1 heterocycles. The molecule has 1 aromatic rings. The molecular formula is C8H3F5INO2. The van der Waals surface area contributed by atoms with Gasteiger partial charge in [-0.1, -0.05) is 0 Å². The molecule has 3 nitrogen and oxygen atoms in total. The number of nitrogens with zero attached hydrogens (tertiary/aromatic N) is 1. The summed E-state index contributed by atoms with van der Waals surface area (Å²) in [6, 6.07) is 0. The fourth-order valence-electron chi connectivity index (χ4n) is 1.08. The van der Waals surface area contributed by atoms with Crippen LogP contribution in [0.3, 0.4) is 0 Å². The summed E-state index contributed by atoms with van der Waals surface area (Å²) in [4.78, 5) is 13.6. The number of alkyl halides is 5. The number of carboxylic acid groups (broad SMARTS) is 1. The van der Waals surface area contributed by atoms with E-state index in [-0.39, 0.29) is 6.20 Å². The maximum absolute atomic E-state index is 12.4. The highest BCUT2D eigenvalue weighted by molar-refractivity contribution is 14.1. The van der Waals surface area contributed by atoms with Crippen LogP contribution in [-0.4, -0.2) is 16.1 Å². The second-order valence-corrected chi connectivity index (χ2v) is 3.93. The molecule has 17 heavy (non-hydrogen) atoms. The minimum Gasteiger partial charge on any atom is -0.478 e. The zero-order valence-corrected chi connectivity index (χ0v) is 9.88. The quantitative estimate of drug-likeness (QED) is 0.645. The van der Waals surface area contributed by atoms with Crippen LogP contribution in [0.5, 0.6) is 0 Å². The molecule has 0 aromatic carbocycles. The molecule has 94 valence electrons. The van der Waals surface area contributed by atoms with Gasteiger partial charge in [-0.05, 0) is 22.6 Å². The van der Waals surface area contributed by atoms with Crippen LogP contribution < -0.4 is 0 Å². The van der Waals surface area contributed by atoms with Crippen molar-refractivity contribution in [2.24, 2.45) is 0 Å². The third kappa shape index (κ3) is 2.82. The molecule has 0 aliphatic rings. The number of halogens is 6. The first-order chi connectivity index (χ1) is 7.66. The number of hydrogen-bond acceptors (Lipinski definition) is 2. The number of aromatic nitrogens is 1. The van der Waals surface area contributed by atoms with Crippen molar-refractivity contribution in [2.75, 3.05) is 0 Å².